The highest BCUT2D eigenvalue weighted by atomic mass is 79.9. The standard InChI is InChI=1S/C12H15BrFNO2/c13-5-8-17-7-2-6-15-12(16)10-3-1-4-11(14)9-10/h1,3-4,9H,2,5-8H2,(H,15,16). The zero-order valence-corrected chi connectivity index (χ0v) is 11.0. The Hall–Kier alpha value is -0.940. The fraction of sp³-hybridized carbons (Fsp3) is 0.417. The first kappa shape index (κ1) is 14.1. The van der Waals surface area contributed by atoms with Crippen LogP contribution in [0, 0.1) is 5.82 Å². The molecule has 0 aliphatic carbocycles. The lowest BCUT2D eigenvalue weighted by Crippen LogP contribution is -2.25. The fourth-order valence-electron chi connectivity index (χ4n) is 1.26. The van der Waals surface area contributed by atoms with Crippen molar-refractivity contribution < 1.29 is 13.9 Å². The molecule has 1 amide bonds. The Morgan fingerprint density at radius 3 is 2.94 bits per heavy atom. The first-order valence-corrected chi connectivity index (χ1v) is 6.53. The van der Waals surface area contributed by atoms with E-state index in [0.29, 0.717) is 25.3 Å². The normalized spacial score (nSPS) is 10.2. The Labute approximate surface area is 108 Å². The molecule has 0 heterocycles. The summed E-state index contributed by atoms with van der Waals surface area (Å²) in [5, 5.41) is 3.51. The summed E-state index contributed by atoms with van der Waals surface area (Å²) in [4.78, 5) is 11.6. The Bertz CT molecular complexity index is 360. The van der Waals surface area contributed by atoms with Crippen LogP contribution < -0.4 is 5.32 Å². The molecule has 94 valence electrons. The van der Waals surface area contributed by atoms with Crippen molar-refractivity contribution in [1.82, 2.24) is 5.32 Å². The van der Waals surface area contributed by atoms with Crippen molar-refractivity contribution in [3.8, 4) is 0 Å². The van der Waals surface area contributed by atoms with Crippen molar-refractivity contribution in [1.29, 1.82) is 0 Å². The summed E-state index contributed by atoms with van der Waals surface area (Å²) in [5.41, 5.74) is 0.339. The fourth-order valence-corrected chi connectivity index (χ4v) is 1.49. The second-order valence-electron chi connectivity index (χ2n) is 3.42. The smallest absolute Gasteiger partial charge is 0.251 e. The summed E-state index contributed by atoms with van der Waals surface area (Å²) in [6.45, 7) is 1.80. The molecule has 0 saturated carbocycles. The van der Waals surface area contributed by atoms with Gasteiger partial charge in [-0.15, -0.1) is 0 Å². The molecule has 0 fully saturated rings. The van der Waals surface area contributed by atoms with Crippen molar-refractivity contribution in [2.24, 2.45) is 0 Å². The highest BCUT2D eigenvalue weighted by Gasteiger charge is 2.04. The molecule has 1 rings (SSSR count). The SMILES string of the molecule is O=C(NCCCOCCBr)c1cccc(F)c1. The largest absolute Gasteiger partial charge is 0.381 e. The summed E-state index contributed by atoms with van der Waals surface area (Å²) in [6.07, 6.45) is 0.744. The number of nitrogens with one attached hydrogen (secondary N) is 1. The number of ether oxygens (including phenoxy) is 1. The first-order valence-electron chi connectivity index (χ1n) is 5.41. The van der Waals surface area contributed by atoms with E-state index in [9.17, 15) is 9.18 Å². The zero-order chi connectivity index (χ0) is 12.5. The molecule has 0 aliphatic rings. The monoisotopic (exact) mass is 303 g/mol. The van der Waals surface area contributed by atoms with E-state index < -0.39 is 5.82 Å². The van der Waals surface area contributed by atoms with Crippen molar-refractivity contribution in [3.05, 3.63) is 35.6 Å². The molecule has 0 bridgehead atoms. The Morgan fingerprint density at radius 1 is 1.41 bits per heavy atom. The van der Waals surface area contributed by atoms with E-state index in [1.807, 2.05) is 0 Å². The van der Waals surface area contributed by atoms with Crippen LogP contribution in [0.15, 0.2) is 24.3 Å². The molecular formula is C12H15BrFNO2. The molecule has 0 saturated heterocycles. The van der Waals surface area contributed by atoms with Gasteiger partial charge >= 0.3 is 0 Å². The van der Waals surface area contributed by atoms with E-state index in [4.69, 9.17) is 4.74 Å². The average molecular weight is 304 g/mol. The molecule has 1 aromatic carbocycles. The van der Waals surface area contributed by atoms with Crippen LogP contribution in [0.2, 0.25) is 0 Å². The molecule has 5 heteroatoms. The first-order chi connectivity index (χ1) is 8.24. The number of halogens is 2. The number of carbonyl (C=O) groups excluding carboxylic acids is 1. The minimum atomic E-state index is -0.404. The van der Waals surface area contributed by atoms with Crippen LogP contribution in [0.25, 0.3) is 0 Å². The molecule has 3 nitrogen and oxygen atoms in total. The summed E-state index contributed by atoms with van der Waals surface area (Å²) >= 11 is 3.25. The third kappa shape index (κ3) is 5.79. The number of hydrogen-bond acceptors (Lipinski definition) is 2. The number of benzene rings is 1. The van der Waals surface area contributed by atoms with Crippen LogP contribution in [0.4, 0.5) is 4.39 Å². The third-order valence-electron chi connectivity index (χ3n) is 2.06. The van der Waals surface area contributed by atoms with E-state index in [0.717, 1.165) is 11.8 Å². The van der Waals surface area contributed by atoms with Gasteiger partial charge in [-0.05, 0) is 24.6 Å². The van der Waals surface area contributed by atoms with E-state index in [1.54, 1.807) is 6.07 Å². The van der Waals surface area contributed by atoms with Gasteiger partial charge in [0.1, 0.15) is 5.82 Å². The van der Waals surface area contributed by atoms with Gasteiger partial charge in [0.25, 0.3) is 5.91 Å². The molecule has 0 spiro atoms. The van der Waals surface area contributed by atoms with Gasteiger partial charge in [0.2, 0.25) is 0 Å². The number of rotatable bonds is 7. The van der Waals surface area contributed by atoms with Gasteiger partial charge in [-0.25, -0.2) is 4.39 Å². The number of amides is 1. The summed E-state index contributed by atoms with van der Waals surface area (Å²) < 4.78 is 18.1. The second kappa shape index (κ2) is 8.20. The minimum absolute atomic E-state index is 0.259. The second-order valence-corrected chi connectivity index (χ2v) is 4.21. The average Bonchev–Trinajstić information content (AvgIpc) is 2.33. The maximum atomic E-state index is 12.9. The molecule has 0 radical (unpaired) electrons. The predicted octanol–water partition coefficient (Wildman–Crippen LogP) is 2.36. The van der Waals surface area contributed by atoms with E-state index in [1.165, 1.54) is 18.2 Å². The highest BCUT2D eigenvalue weighted by Crippen LogP contribution is 2.02. The Balaban J connectivity index is 2.21. The minimum Gasteiger partial charge on any atom is -0.381 e. The van der Waals surface area contributed by atoms with Gasteiger partial charge in [0.05, 0.1) is 6.61 Å². The summed E-state index contributed by atoms with van der Waals surface area (Å²) in [7, 11) is 0. The van der Waals surface area contributed by atoms with Crippen molar-refractivity contribution in [2.75, 3.05) is 25.1 Å². The van der Waals surface area contributed by atoms with Crippen molar-refractivity contribution in [2.45, 2.75) is 6.42 Å². The van der Waals surface area contributed by atoms with Crippen LogP contribution in [0.3, 0.4) is 0 Å². The Morgan fingerprint density at radius 2 is 2.24 bits per heavy atom. The molecule has 1 aromatic rings. The maximum absolute atomic E-state index is 12.9. The van der Waals surface area contributed by atoms with Crippen LogP contribution in [0.5, 0.6) is 0 Å². The summed E-state index contributed by atoms with van der Waals surface area (Å²) in [5.74, 6) is -0.664. The molecule has 17 heavy (non-hydrogen) atoms. The van der Waals surface area contributed by atoms with Gasteiger partial charge in [-0.1, -0.05) is 22.0 Å². The van der Waals surface area contributed by atoms with Gasteiger partial charge in [-0.3, -0.25) is 4.79 Å². The molecule has 0 unspecified atom stereocenters. The van der Waals surface area contributed by atoms with Crippen molar-refractivity contribution >= 4 is 21.8 Å². The third-order valence-corrected chi connectivity index (χ3v) is 2.38. The van der Waals surface area contributed by atoms with Gasteiger partial charge in [-0.2, -0.15) is 0 Å². The van der Waals surface area contributed by atoms with Crippen LogP contribution in [0.1, 0.15) is 16.8 Å². The van der Waals surface area contributed by atoms with E-state index in [2.05, 4.69) is 21.2 Å². The lowest BCUT2D eigenvalue weighted by molar-refractivity contribution is 0.0944. The number of carbonyl (C=O) groups is 1. The molecule has 0 aromatic heterocycles. The summed E-state index contributed by atoms with van der Waals surface area (Å²) in [6, 6.07) is 5.63. The number of hydrogen-bond donors (Lipinski definition) is 1. The maximum Gasteiger partial charge on any atom is 0.251 e. The Kier molecular flexibility index (Phi) is 6.81. The lowest BCUT2D eigenvalue weighted by Gasteiger charge is -2.05. The molecule has 0 aliphatic heterocycles. The van der Waals surface area contributed by atoms with E-state index in [-0.39, 0.29) is 5.91 Å². The van der Waals surface area contributed by atoms with Crippen LogP contribution in [-0.4, -0.2) is 31.0 Å². The highest BCUT2D eigenvalue weighted by molar-refractivity contribution is 9.09. The van der Waals surface area contributed by atoms with Crippen LogP contribution in [-0.2, 0) is 4.74 Å². The molecule has 1 N–H and O–H groups in total. The molecule has 0 atom stereocenters. The van der Waals surface area contributed by atoms with Gasteiger partial charge in [0.15, 0.2) is 0 Å². The topological polar surface area (TPSA) is 38.3 Å². The molecular weight excluding hydrogens is 289 g/mol. The quantitative estimate of drug-likeness (QED) is 0.620. The lowest BCUT2D eigenvalue weighted by atomic mass is 10.2. The van der Waals surface area contributed by atoms with Crippen LogP contribution >= 0.6 is 15.9 Å². The predicted molar refractivity (Wildman–Crippen MR) is 68.0 cm³/mol. The number of alkyl halides is 1. The van der Waals surface area contributed by atoms with Crippen molar-refractivity contribution in [3.63, 3.8) is 0 Å². The van der Waals surface area contributed by atoms with Gasteiger partial charge in [0, 0.05) is 24.0 Å². The van der Waals surface area contributed by atoms with Gasteiger partial charge < -0.3 is 10.1 Å². The van der Waals surface area contributed by atoms with E-state index >= 15 is 0 Å². The zero-order valence-electron chi connectivity index (χ0n) is 9.42.